The zero-order valence-corrected chi connectivity index (χ0v) is 10.3. The van der Waals surface area contributed by atoms with Crippen LogP contribution in [0.1, 0.15) is 0 Å². The highest BCUT2D eigenvalue weighted by Gasteiger charge is 2.04. The lowest BCUT2D eigenvalue weighted by atomic mass is 10.3. The number of amides is 2. The maximum absolute atomic E-state index is 11.5. The maximum Gasteiger partial charge on any atom is 0.345 e. The van der Waals surface area contributed by atoms with Crippen LogP contribution in [0, 0.1) is 0 Å². The van der Waals surface area contributed by atoms with Gasteiger partial charge in [-0.2, -0.15) is 4.99 Å². The van der Waals surface area contributed by atoms with Gasteiger partial charge in [0.1, 0.15) is 0 Å². The van der Waals surface area contributed by atoms with Gasteiger partial charge < -0.3 is 9.47 Å². The molecular formula is C11H13N3OS. The average Bonchev–Trinajstić information content (AvgIpc) is 2.56. The SMILES string of the molecule is CN(C)C(=O)N=c1sc2ccccc2n1C. The van der Waals surface area contributed by atoms with Crippen molar-refractivity contribution in [2.75, 3.05) is 14.1 Å². The Morgan fingerprint density at radius 1 is 1.38 bits per heavy atom. The normalized spacial score (nSPS) is 12.1. The van der Waals surface area contributed by atoms with Crippen molar-refractivity contribution in [3.8, 4) is 0 Å². The highest BCUT2D eigenvalue weighted by Crippen LogP contribution is 2.15. The number of rotatable bonds is 0. The molecule has 2 amide bonds. The number of hydrogen-bond acceptors (Lipinski definition) is 2. The fourth-order valence-electron chi connectivity index (χ4n) is 1.37. The Bertz CT molecular complexity index is 595. The number of benzene rings is 1. The fourth-order valence-corrected chi connectivity index (χ4v) is 2.38. The van der Waals surface area contributed by atoms with Gasteiger partial charge in [-0.25, -0.2) is 4.79 Å². The van der Waals surface area contributed by atoms with Crippen molar-refractivity contribution in [3.63, 3.8) is 0 Å². The summed E-state index contributed by atoms with van der Waals surface area (Å²) >= 11 is 1.52. The number of nitrogens with zero attached hydrogens (tertiary/aromatic N) is 3. The van der Waals surface area contributed by atoms with Crippen LogP contribution >= 0.6 is 11.3 Å². The monoisotopic (exact) mass is 235 g/mol. The predicted molar refractivity (Wildman–Crippen MR) is 65.4 cm³/mol. The zero-order chi connectivity index (χ0) is 11.7. The highest BCUT2D eigenvalue weighted by atomic mass is 32.1. The molecule has 0 aliphatic carbocycles. The molecule has 0 aliphatic rings. The lowest BCUT2D eigenvalue weighted by Gasteiger charge is -2.03. The molecule has 4 nitrogen and oxygen atoms in total. The maximum atomic E-state index is 11.5. The summed E-state index contributed by atoms with van der Waals surface area (Å²) in [5.74, 6) is 0. The van der Waals surface area contributed by atoms with Crippen LogP contribution < -0.4 is 4.80 Å². The van der Waals surface area contributed by atoms with Crippen LogP contribution in [-0.2, 0) is 7.05 Å². The summed E-state index contributed by atoms with van der Waals surface area (Å²) in [6, 6.07) is 7.77. The van der Waals surface area contributed by atoms with E-state index in [1.54, 1.807) is 14.1 Å². The van der Waals surface area contributed by atoms with E-state index < -0.39 is 0 Å². The predicted octanol–water partition coefficient (Wildman–Crippen LogP) is 1.82. The number of aromatic nitrogens is 1. The van der Waals surface area contributed by atoms with Crippen LogP contribution in [0.15, 0.2) is 29.3 Å². The van der Waals surface area contributed by atoms with E-state index in [9.17, 15) is 4.79 Å². The molecular weight excluding hydrogens is 222 g/mol. The third kappa shape index (κ3) is 1.86. The summed E-state index contributed by atoms with van der Waals surface area (Å²) in [4.78, 5) is 17.7. The molecule has 1 aromatic heterocycles. The molecule has 0 N–H and O–H groups in total. The van der Waals surface area contributed by atoms with Crippen LogP contribution in [0.25, 0.3) is 10.2 Å². The summed E-state index contributed by atoms with van der Waals surface area (Å²) in [7, 11) is 5.30. The number of carbonyl (C=O) groups excluding carboxylic acids is 1. The van der Waals surface area contributed by atoms with Gasteiger partial charge in [-0.3, -0.25) is 0 Å². The first-order valence-electron chi connectivity index (χ1n) is 4.90. The van der Waals surface area contributed by atoms with Crippen molar-refractivity contribution < 1.29 is 4.79 Å². The molecule has 5 heteroatoms. The number of para-hydroxylation sites is 1. The second-order valence-corrected chi connectivity index (χ2v) is 4.71. The van der Waals surface area contributed by atoms with E-state index in [4.69, 9.17) is 0 Å². The number of urea groups is 1. The average molecular weight is 235 g/mol. The van der Waals surface area contributed by atoms with Crippen molar-refractivity contribution in [3.05, 3.63) is 29.1 Å². The standard InChI is InChI=1S/C11H13N3OS/c1-13(2)10(15)12-11-14(3)8-6-4-5-7-9(8)16-11/h4-7H,1-3H3. The minimum atomic E-state index is -0.234. The topological polar surface area (TPSA) is 37.6 Å². The lowest BCUT2D eigenvalue weighted by molar-refractivity contribution is 0.226. The minimum absolute atomic E-state index is 0.234. The van der Waals surface area contributed by atoms with Crippen LogP contribution in [0.4, 0.5) is 4.79 Å². The molecule has 1 heterocycles. The third-order valence-electron chi connectivity index (χ3n) is 2.29. The molecule has 16 heavy (non-hydrogen) atoms. The first-order valence-corrected chi connectivity index (χ1v) is 5.72. The number of hydrogen-bond donors (Lipinski definition) is 0. The second kappa shape index (κ2) is 4.09. The Hall–Kier alpha value is -1.62. The van der Waals surface area contributed by atoms with Gasteiger partial charge >= 0.3 is 6.03 Å². The largest absolute Gasteiger partial charge is 0.345 e. The molecule has 2 rings (SSSR count). The smallest absolute Gasteiger partial charge is 0.329 e. The van der Waals surface area contributed by atoms with E-state index in [1.807, 2.05) is 35.9 Å². The van der Waals surface area contributed by atoms with Gasteiger partial charge in [-0.1, -0.05) is 23.5 Å². The molecule has 0 unspecified atom stereocenters. The van der Waals surface area contributed by atoms with E-state index in [2.05, 4.69) is 4.99 Å². The van der Waals surface area contributed by atoms with Gasteiger partial charge in [-0.05, 0) is 12.1 Å². The molecule has 0 radical (unpaired) electrons. The molecule has 0 saturated heterocycles. The number of fused-ring (bicyclic) bond motifs is 1. The van der Waals surface area contributed by atoms with Gasteiger partial charge in [0, 0.05) is 21.1 Å². The Morgan fingerprint density at radius 2 is 2.06 bits per heavy atom. The molecule has 0 bridgehead atoms. The van der Waals surface area contributed by atoms with Crippen LogP contribution in [0.3, 0.4) is 0 Å². The molecule has 0 aliphatic heterocycles. The molecule has 0 fully saturated rings. The summed E-state index contributed by atoms with van der Waals surface area (Å²) in [5, 5.41) is 0. The Labute approximate surface area is 97.5 Å². The van der Waals surface area contributed by atoms with E-state index >= 15 is 0 Å². The van der Waals surface area contributed by atoms with Crippen molar-refractivity contribution in [2.24, 2.45) is 12.0 Å². The number of thiazole rings is 1. The highest BCUT2D eigenvalue weighted by molar-refractivity contribution is 7.16. The van der Waals surface area contributed by atoms with Gasteiger partial charge in [0.2, 0.25) is 0 Å². The lowest BCUT2D eigenvalue weighted by Crippen LogP contribution is -2.22. The summed E-state index contributed by atoms with van der Waals surface area (Å²) in [6.07, 6.45) is 0. The van der Waals surface area contributed by atoms with Crippen LogP contribution in [-0.4, -0.2) is 29.6 Å². The number of aryl methyl sites for hydroxylation is 1. The Balaban J connectivity index is 2.62. The quantitative estimate of drug-likeness (QED) is 0.686. The molecule has 1 aromatic carbocycles. The minimum Gasteiger partial charge on any atom is -0.329 e. The molecule has 2 aromatic rings. The van der Waals surface area contributed by atoms with Crippen molar-refractivity contribution in [2.45, 2.75) is 0 Å². The van der Waals surface area contributed by atoms with Gasteiger partial charge in [0.05, 0.1) is 10.2 Å². The molecule has 0 saturated carbocycles. The van der Waals surface area contributed by atoms with E-state index in [0.29, 0.717) is 0 Å². The van der Waals surface area contributed by atoms with Crippen LogP contribution in [0.2, 0.25) is 0 Å². The van der Waals surface area contributed by atoms with Gasteiger partial charge in [-0.15, -0.1) is 0 Å². The summed E-state index contributed by atoms with van der Waals surface area (Å²) in [5.41, 5.74) is 1.10. The molecule has 0 spiro atoms. The van der Waals surface area contributed by atoms with Crippen LogP contribution in [0.5, 0.6) is 0 Å². The fraction of sp³-hybridized carbons (Fsp3) is 0.273. The number of carbonyl (C=O) groups is 1. The molecule has 0 atom stereocenters. The van der Waals surface area contributed by atoms with Crippen molar-refractivity contribution in [1.29, 1.82) is 0 Å². The van der Waals surface area contributed by atoms with E-state index in [-0.39, 0.29) is 6.03 Å². The molecule has 84 valence electrons. The first kappa shape index (κ1) is 10.9. The summed E-state index contributed by atoms with van der Waals surface area (Å²) in [6.45, 7) is 0. The van der Waals surface area contributed by atoms with Gasteiger partial charge in [0.15, 0.2) is 4.80 Å². The Kier molecular flexibility index (Phi) is 2.78. The van der Waals surface area contributed by atoms with E-state index in [0.717, 1.165) is 15.0 Å². The van der Waals surface area contributed by atoms with Gasteiger partial charge in [0.25, 0.3) is 0 Å². The van der Waals surface area contributed by atoms with E-state index in [1.165, 1.54) is 16.2 Å². The second-order valence-electron chi connectivity index (χ2n) is 3.70. The summed E-state index contributed by atoms with van der Waals surface area (Å²) < 4.78 is 3.07. The third-order valence-corrected chi connectivity index (χ3v) is 3.40. The Morgan fingerprint density at radius 3 is 2.69 bits per heavy atom. The van der Waals surface area contributed by atoms with Crippen molar-refractivity contribution in [1.82, 2.24) is 9.47 Å². The zero-order valence-electron chi connectivity index (χ0n) is 9.47. The van der Waals surface area contributed by atoms with Crippen molar-refractivity contribution >= 4 is 27.6 Å². The first-order chi connectivity index (χ1) is 7.59.